The maximum absolute atomic E-state index is 12.2. The van der Waals surface area contributed by atoms with Crippen molar-refractivity contribution < 1.29 is 17.9 Å². The summed E-state index contributed by atoms with van der Waals surface area (Å²) < 4.78 is 34.2. The van der Waals surface area contributed by atoms with Crippen molar-refractivity contribution in [2.24, 2.45) is 0 Å². The monoisotopic (exact) mass is 267 g/mol. The maximum atomic E-state index is 12.2. The molecule has 2 aromatic rings. The summed E-state index contributed by atoms with van der Waals surface area (Å²) >= 11 is 0. The fraction of sp³-hybridized carbons (Fsp3) is 0.286. The van der Waals surface area contributed by atoms with Gasteiger partial charge in [-0.05, 0) is 36.4 Å². The van der Waals surface area contributed by atoms with Gasteiger partial charge in [0.1, 0.15) is 11.5 Å². The van der Waals surface area contributed by atoms with Crippen LogP contribution in [0.2, 0.25) is 0 Å². The van der Waals surface area contributed by atoms with Crippen LogP contribution in [0.4, 0.5) is 8.78 Å². The Hall–Kier alpha value is -1.88. The third-order valence-electron chi connectivity index (χ3n) is 2.65. The van der Waals surface area contributed by atoms with E-state index in [1.807, 2.05) is 19.1 Å². The fourth-order valence-corrected chi connectivity index (χ4v) is 1.91. The van der Waals surface area contributed by atoms with E-state index < -0.39 is 6.61 Å². The number of hydrogen-bond acceptors (Lipinski definition) is 3. The van der Waals surface area contributed by atoms with E-state index in [4.69, 9.17) is 4.42 Å². The zero-order valence-corrected chi connectivity index (χ0v) is 10.5. The Kier molecular flexibility index (Phi) is 4.52. The third-order valence-corrected chi connectivity index (χ3v) is 2.65. The van der Waals surface area contributed by atoms with Gasteiger partial charge in [0.15, 0.2) is 0 Å². The number of halogens is 2. The van der Waals surface area contributed by atoms with Gasteiger partial charge in [-0.15, -0.1) is 0 Å². The number of ether oxygens (including phenoxy) is 1. The lowest BCUT2D eigenvalue weighted by Crippen LogP contribution is -2.21. The molecule has 0 aliphatic heterocycles. The van der Waals surface area contributed by atoms with Gasteiger partial charge in [0, 0.05) is 0 Å². The van der Waals surface area contributed by atoms with Crippen LogP contribution in [0, 0.1) is 0 Å². The second-order valence-electron chi connectivity index (χ2n) is 3.96. The molecule has 1 aromatic heterocycles. The van der Waals surface area contributed by atoms with Gasteiger partial charge in [-0.25, -0.2) is 0 Å². The lowest BCUT2D eigenvalue weighted by molar-refractivity contribution is -0.0498. The molecule has 0 aliphatic rings. The molecular formula is C14H15F2NO2. The van der Waals surface area contributed by atoms with Crippen LogP contribution >= 0.6 is 0 Å². The summed E-state index contributed by atoms with van der Waals surface area (Å²) in [6.07, 6.45) is 1.58. The van der Waals surface area contributed by atoms with Crippen LogP contribution in [-0.4, -0.2) is 13.2 Å². The van der Waals surface area contributed by atoms with Crippen molar-refractivity contribution in [2.45, 2.75) is 19.6 Å². The van der Waals surface area contributed by atoms with Gasteiger partial charge in [0.25, 0.3) is 0 Å². The SMILES string of the molecule is CCNC(c1cccc(OC(F)F)c1)c1ccco1. The first-order valence-corrected chi connectivity index (χ1v) is 6.02. The third kappa shape index (κ3) is 3.54. The van der Waals surface area contributed by atoms with Gasteiger partial charge in [0.2, 0.25) is 0 Å². The van der Waals surface area contributed by atoms with Crippen LogP contribution in [-0.2, 0) is 0 Å². The molecule has 0 aliphatic carbocycles. The summed E-state index contributed by atoms with van der Waals surface area (Å²) in [7, 11) is 0. The molecule has 1 N–H and O–H groups in total. The summed E-state index contributed by atoms with van der Waals surface area (Å²) in [5.41, 5.74) is 0.815. The molecule has 1 heterocycles. The first kappa shape index (κ1) is 13.5. The van der Waals surface area contributed by atoms with E-state index in [1.54, 1.807) is 24.5 Å². The van der Waals surface area contributed by atoms with Crippen molar-refractivity contribution in [3.63, 3.8) is 0 Å². The predicted molar refractivity (Wildman–Crippen MR) is 67.3 cm³/mol. The largest absolute Gasteiger partial charge is 0.467 e. The van der Waals surface area contributed by atoms with Crippen molar-refractivity contribution in [3.05, 3.63) is 54.0 Å². The maximum Gasteiger partial charge on any atom is 0.387 e. The Bertz CT molecular complexity index is 500. The second kappa shape index (κ2) is 6.33. The standard InChI is InChI=1S/C14H15F2NO2/c1-2-17-13(12-7-4-8-18-12)10-5-3-6-11(9-10)19-14(15)16/h3-9,13-14,17H,2H2,1H3. The van der Waals surface area contributed by atoms with Crippen molar-refractivity contribution in [2.75, 3.05) is 6.54 Å². The minimum Gasteiger partial charge on any atom is -0.467 e. The molecule has 0 radical (unpaired) electrons. The first-order valence-electron chi connectivity index (χ1n) is 6.02. The van der Waals surface area contributed by atoms with Crippen molar-refractivity contribution in [1.29, 1.82) is 0 Å². The molecule has 102 valence electrons. The van der Waals surface area contributed by atoms with Crippen LogP contribution in [0.1, 0.15) is 24.3 Å². The molecule has 3 nitrogen and oxygen atoms in total. The number of hydrogen-bond donors (Lipinski definition) is 1. The van der Waals surface area contributed by atoms with E-state index in [9.17, 15) is 8.78 Å². The summed E-state index contributed by atoms with van der Waals surface area (Å²) in [6.45, 7) is -0.128. The topological polar surface area (TPSA) is 34.4 Å². The van der Waals surface area contributed by atoms with Gasteiger partial charge in [-0.2, -0.15) is 8.78 Å². The van der Waals surface area contributed by atoms with Crippen LogP contribution in [0.3, 0.4) is 0 Å². The van der Waals surface area contributed by atoms with Gasteiger partial charge in [0.05, 0.1) is 12.3 Å². The summed E-state index contributed by atoms with van der Waals surface area (Å²) in [5, 5.41) is 3.25. The van der Waals surface area contributed by atoms with Crippen LogP contribution in [0.15, 0.2) is 47.1 Å². The van der Waals surface area contributed by atoms with E-state index in [0.29, 0.717) is 0 Å². The molecule has 0 amide bonds. The number of alkyl halides is 2. The molecule has 1 unspecified atom stereocenters. The van der Waals surface area contributed by atoms with Gasteiger partial charge < -0.3 is 14.5 Å². The fourth-order valence-electron chi connectivity index (χ4n) is 1.91. The predicted octanol–water partition coefficient (Wildman–Crippen LogP) is 3.58. The first-order chi connectivity index (χ1) is 9.20. The average Bonchev–Trinajstić information content (AvgIpc) is 2.89. The lowest BCUT2D eigenvalue weighted by Gasteiger charge is -2.17. The van der Waals surface area contributed by atoms with Crippen molar-refractivity contribution in [3.8, 4) is 5.75 Å². The Labute approximate surface area is 110 Å². The number of benzene rings is 1. The molecule has 5 heteroatoms. The summed E-state index contributed by atoms with van der Waals surface area (Å²) in [6, 6.07) is 10.1. The van der Waals surface area contributed by atoms with Crippen LogP contribution in [0.25, 0.3) is 0 Å². The van der Waals surface area contributed by atoms with E-state index in [0.717, 1.165) is 17.9 Å². The molecule has 19 heavy (non-hydrogen) atoms. The van der Waals surface area contributed by atoms with Gasteiger partial charge >= 0.3 is 6.61 Å². The normalized spacial score (nSPS) is 12.6. The van der Waals surface area contributed by atoms with Crippen LogP contribution in [0.5, 0.6) is 5.75 Å². The van der Waals surface area contributed by atoms with Crippen molar-refractivity contribution >= 4 is 0 Å². The Morgan fingerprint density at radius 3 is 2.74 bits per heavy atom. The smallest absolute Gasteiger partial charge is 0.387 e. The molecule has 2 rings (SSSR count). The molecule has 0 saturated heterocycles. The highest BCUT2D eigenvalue weighted by molar-refractivity contribution is 5.34. The quantitative estimate of drug-likeness (QED) is 0.868. The summed E-state index contributed by atoms with van der Waals surface area (Å²) in [4.78, 5) is 0. The summed E-state index contributed by atoms with van der Waals surface area (Å²) in [5.74, 6) is 0.873. The molecule has 1 aromatic carbocycles. The van der Waals surface area contributed by atoms with Crippen molar-refractivity contribution in [1.82, 2.24) is 5.32 Å². The highest BCUT2D eigenvalue weighted by atomic mass is 19.3. The molecule has 0 bridgehead atoms. The average molecular weight is 267 g/mol. The van der Waals surface area contributed by atoms with E-state index in [1.165, 1.54) is 6.07 Å². The van der Waals surface area contributed by atoms with E-state index >= 15 is 0 Å². The zero-order valence-electron chi connectivity index (χ0n) is 10.5. The molecule has 1 atom stereocenters. The molecular weight excluding hydrogens is 252 g/mol. The minimum absolute atomic E-state index is 0.141. The van der Waals surface area contributed by atoms with Gasteiger partial charge in [-0.1, -0.05) is 19.1 Å². The van der Waals surface area contributed by atoms with Crippen LogP contribution < -0.4 is 10.1 Å². The zero-order chi connectivity index (χ0) is 13.7. The number of rotatable bonds is 6. The Morgan fingerprint density at radius 1 is 1.26 bits per heavy atom. The Morgan fingerprint density at radius 2 is 2.11 bits per heavy atom. The second-order valence-corrected chi connectivity index (χ2v) is 3.96. The highest BCUT2D eigenvalue weighted by Crippen LogP contribution is 2.26. The molecule has 0 saturated carbocycles. The Balaban J connectivity index is 2.26. The van der Waals surface area contributed by atoms with E-state index in [2.05, 4.69) is 10.1 Å². The molecule has 0 fully saturated rings. The van der Waals surface area contributed by atoms with E-state index in [-0.39, 0.29) is 11.8 Å². The lowest BCUT2D eigenvalue weighted by atomic mass is 10.0. The molecule has 0 spiro atoms. The minimum atomic E-state index is -2.82. The highest BCUT2D eigenvalue weighted by Gasteiger charge is 2.16. The number of furan rings is 1. The van der Waals surface area contributed by atoms with Gasteiger partial charge in [-0.3, -0.25) is 0 Å². The number of nitrogens with one attached hydrogen (secondary N) is 1.